The zero-order chi connectivity index (χ0) is 12.7. The van der Waals surface area contributed by atoms with Crippen LogP contribution in [0.5, 0.6) is 0 Å². The van der Waals surface area contributed by atoms with Crippen LogP contribution in [0, 0.1) is 16.7 Å². The van der Waals surface area contributed by atoms with Gasteiger partial charge in [-0.1, -0.05) is 25.5 Å². The Kier molecular flexibility index (Phi) is 3.36. The molecule has 3 heteroatoms. The average molecular weight is 240 g/mol. The first-order valence-corrected chi connectivity index (χ1v) is 6.44. The van der Waals surface area contributed by atoms with Gasteiger partial charge in [0.2, 0.25) is 0 Å². The van der Waals surface area contributed by atoms with E-state index in [2.05, 4.69) is 13.0 Å². The molecule has 1 aliphatic carbocycles. The number of fused-ring (bicyclic) bond motifs is 2. The molecule has 0 aromatic carbocycles. The molecule has 2 rings (SSSR count). The summed E-state index contributed by atoms with van der Waals surface area (Å²) in [5.41, 5.74) is 1.05. The quantitative estimate of drug-likeness (QED) is 0.739. The van der Waals surface area contributed by atoms with Crippen LogP contribution < -0.4 is 0 Å². The van der Waals surface area contributed by atoms with Gasteiger partial charge in [0, 0.05) is 16.7 Å². The molecule has 1 aliphatic heterocycles. The molecule has 17 heavy (non-hydrogen) atoms. The lowest BCUT2D eigenvalue weighted by Gasteiger charge is -2.51. The lowest BCUT2D eigenvalue weighted by molar-refractivity contribution is -0.158. The Hall–Kier alpha value is -0.380. The smallest absolute Gasteiger partial charge is 0.0713 e. The molecule has 2 bridgehead atoms. The summed E-state index contributed by atoms with van der Waals surface area (Å²) in [6.45, 7) is 7.17. The van der Waals surface area contributed by atoms with E-state index in [9.17, 15) is 10.2 Å². The Morgan fingerprint density at radius 3 is 2.76 bits per heavy atom. The van der Waals surface area contributed by atoms with E-state index in [-0.39, 0.29) is 30.1 Å². The van der Waals surface area contributed by atoms with Crippen LogP contribution in [0.25, 0.3) is 0 Å². The zero-order valence-corrected chi connectivity index (χ0v) is 11.1. The molecule has 0 aromatic rings. The number of aliphatic hydroxyl groups is 2. The Bertz CT molecular complexity index is 321. The van der Waals surface area contributed by atoms with Crippen molar-refractivity contribution < 1.29 is 14.9 Å². The number of rotatable bonds is 3. The Balaban J connectivity index is 2.26. The maximum atomic E-state index is 9.57. The van der Waals surface area contributed by atoms with E-state index in [1.54, 1.807) is 0 Å². The van der Waals surface area contributed by atoms with Crippen LogP contribution in [-0.2, 0) is 4.74 Å². The van der Waals surface area contributed by atoms with Gasteiger partial charge in [0.1, 0.15) is 0 Å². The average Bonchev–Trinajstić information content (AvgIpc) is 2.34. The lowest BCUT2D eigenvalue weighted by atomic mass is 9.63. The van der Waals surface area contributed by atoms with Crippen molar-refractivity contribution in [3.63, 3.8) is 0 Å². The van der Waals surface area contributed by atoms with Crippen LogP contribution in [0.3, 0.4) is 0 Å². The van der Waals surface area contributed by atoms with E-state index < -0.39 is 0 Å². The van der Waals surface area contributed by atoms with Crippen molar-refractivity contribution in [3.05, 3.63) is 11.6 Å². The van der Waals surface area contributed by atoms with Gasteiger partial charge in [-0.05, 0) is 19.8 Å². The second-order valence-electron chi connectivity index (χ2n) is 6.50. The first kappa shape index (κ1) is 13.1. The SMILES string of the molecule is CC1=CC[C@]2(CO)CO[C@H](C(C)(C)CO)[C@H]1C2. The molecule has 2 aliphatic rings. The van der Waals surface area contributed by atoms with Crippen molar-refractivity contribution in [2.75, 3.05) is 19.8 Å². The van der Waals surface area contributed by atoms with E-state index in [4.69, 9.17) is 4.74 Å². The van der Waals surface area contributed by atoms with Crippen molar-refractivity contribution in [1.29, 1.82) is 0 Å². The molecule has 2 N–H and O–H groups in total. The topological polar surface area (TPSA) is 49.7 Å². The van der Waals surface area contributed by atoms with Gasteiger partial charge in [-0.15, -0.1) is 0 Å². The van der Waals surface area contributed by atoms with Crippen molar-refractivity contribution in [1.82, 2.24) is 0 Å². The summed E-state index contributed by atoms with van der Waals surface area (Å²) >= 11 is 0. The van der Waals surface area contributed by atoms with Crippen molar-refractivity contribution in [3.8, 4) is 0 Å². The molecular weight excluding hydrogens is 216 g/mol. The fourth-order valence-electron chi connectivity index (χ4n) is 3.12. The van der Waals surface area contributed by atoms with Gasteiger partial charge in [-0.3, -0.25) is 0 Å². The van der Waals surface area contributed by atoms with Gasteiger partial charge in [-0.25, -0.2) is 0 Å². The van der Waals surface area contributed by atoms with Crippen molar-refractivity contribution in [2.24, 2.45) is 16.7 Å². The molecule has 0 unspecified atom stereocenters. The van der Waals surface area contributed by atoms with Crippen LogP contribution >= 0.6 is 0 Å². The van der Waals surface area contributed by atoms with Gasteiger partial charge in [0.25, 0.3) is 0 Å². The predicted molar refractivity (Wildman–Crippen MR) is 66.6 cm³/mol. The van der Waals surface area contributed by atoms with E-state index >= 15 is 0 Å². The zero-order valence-electron chi connectivity index (χ0n) is 11.1. The second kappa shape index (κ2) is 4.38. The molecule has 1 heterocycles. The summed E-state index contributed by atoms with van der Waals surface area (Å²) in [5, 5.41) is 19.1. The van der Waals surface area contributed by atoms with E-state index in [1.165, 1.54) is 5.57 Å². The van der Waals surface area contributed by atoms with Gasteiger partial charge in [-0.2, -0.15) is 0 Å². The highest BCUT2D eigenvalue weighted by Gasteiger charge is 2.48. The molecule has 0 aromatic heterocycles. The maximum Gasteiger partial charge on any atom is 0.0713 e. The summed E-state index contributed by atoms with van der Waals surface area (Å²) in [4.78, 5) is 0. The molecule has 0 radical (unpaired) electrons. The lowest BCUT2D eigenvalue weighted by Crippen LogP contribution is -2.52. The normalized spacial score (nSPS) is 37.8. The van der Waals surface area contributed by atoms with Crippen LogP contribution in [-0.4, -0.2) is 36.1 Å². The third kappa shape index (κ3) is 2.16. The van der Waals surface area contributed by atoms with Crippen molar-refractivity contribution >= 4 is 0 Å². The molecule has 3 atom stereocenters. The third-order valence-electron chi connectivity index (χ3n) is 4.54. The summed E-state index contributed by atoms with van der Waals surface area (Å²) in [7, 11) is 0. The van der Waals surface area contributed by atoms with E-state index in [1.807, 2.05) is 13.8 Å². The largest absolute Gasteiger partial charge is 0.396 e. The number of aliphatic hydroxyl groups excluding tert-OH is 2. The first-order chi connectivity index (χ1) is 7.94. The molecule has 0 amide bonds. The summed E-state index contributed by atoms with van der Waals surface area (Å²) in [6, 6.07) is 0. The number of ether oxygens (including phenoxy) is 1. The number of allylic oxidation sites excluding steroid dienone is 1. The van der Waals surface area contributed by atoms with Gasteiger partial charge in [0.05, 0.1) is 25.9 Å². The number of hydrogen-bond donors (Lipinski definition) is 2. The van der Waals surface area contributed by atoms with Crippen molar-refractivity contribution in [2.45, 2.75) is 39.7 Å². The first-order valence-electron chi connectivity index (χ1n) is 6.44. The molecule has 1 saturated heterocycles. The molecule has 1 fully saturated rings. The minimum absolute atomic E-state index is 0.0590. The highest BCUT2D eigenvalue weighted by molar-refractivity contribution is 5.17. The molecular formula is C14H24O3. The maximum absolute atomic E-state index is 9.57. The minimum Gasteiger partial charge on any atom is -0.396 e. The van der Waals surface area contributed by atoms with Crippen LogP contribution in [0.2, 0.25) is 0 Å². The van der Waals surface area contributed by atoms with Gasteiger partial charge in [0.15, 0.2) is 0 Å². The molecule has 98 valence electrons. The Labute approximate surface area is 103 Å². The summed E-state index contributed by atoms with van der Waals surface area (Å²) < 4.78 is 6.00. The van der Waals surface area contributed by atoms with Crippen LogP contribution in [0.1, 0.15) is 33.6 Å². The molecule has 3 nitrogen and oxygen atoms in total. The van der Waals surface area contributed by atoms with Crippen LogP contribution in [0.4, 0.5) is 0 Å². The fourth-order valence-corrected chi connectivity index (χ4v) is 3.12. The highest BCUT2D eigenvalue weighted by Crippen LogP contribution is 2.48. The van der Waals surface area contributed by atoms with E-state index in [0.29, 0.717) is 12.5 Å². The monoisotopic (exact) mass is 240 g/mol. The highest BCUT2D eigenvalue weighted by atomic mass is 16.5. The molecule has 0 spiro atoms. The predicted octanol–water partition coefficient (Wildman–Crippen LogP) is 1.74. The van der Waals surface area contributed by atoms with Crippen LogP contribution in [0.15, 0.2) is 11.6 Å². The molecule has 0 saturated carbocycles. The standard InChI is InChI=1S/C14H24O3/c1-10-4-5-14(8-16)6-11(10)12(17-9-14)13(2,3)7-15/h4,11-12,15-16H,5-9H2,1-3H3/t11-,12-,14-/m0/s1. The summed E-state index contributed by atoms with van der Waals surface area (Å²) in [6.07, 6.45) is 4.20. The van der Waals surface area contributed by atoms with Gasteiger partial charge < -0.3 is 14.9 Å². The Morgan fingerprint density at radius 1 is 1.47 bits per heavy atom. The summed E-state index contributed by atoms with van der Waals surface area (Å²) in [5.74, 6) is 0.340. The fraction of sp³-hybridized carbons (Fsp3) is 0.857. The number of hydrogen-bond acceptors (Lipinski definition) is 3. The second-order valence-corrected chi connectivity index (χ2v) is 6.50. The minimum atomic E-state index is -0.223. The Morgan fingerprint density at radius 2 is 2.18 bits per heavy atom. The third-order valence-corrected chi connectivity index (χ3v) is 4.54. The van der Waals surface area contributed by atoms with Gasteiger partial charge >= 0.3 is 0 Å². The van der Waals surface area contributed by atoms with E-state index in [0.717, 1.165) is 12.8 Å².